The second-order valence-corrected chi connectivity index (χ2v) is 5.37. The van der Waals surface area contributed by atoms with Crippen LogP contribution in [0.25, 0.3) is 0 Å². The molecule has 1 atom stereocenters. The molecule has 1 nitrogen and oxygen atoms in total. The van der Waals surface area contributed by atoms with Crippen molar-refractivity contribution in [3.05, 3.63) is 34.1 Å². The molecule has 1 unspecified atom stereocenters. The predicted molar refractivity (Wildman–Crippen MR) is 61.2 cm³/mol. The zero-order chi connectivity index (χ0) is 11.1. The van der Waals surface area contributed by atoms with Gasteiger partial charge in [-0.25, -0.2) is 4.39 Å². The first-order chi connectivity index (χ1) is 7.03. The maximum Gasteiger partial charge on any atom is 0.127 e. The number of hydrogen-bond acceptors (Lipinski definition) is 1. The van der Waals surface area contributed by atoms with Gasteiger partial charge in [-0.05, 0) is 43.9 Å². The Kier molecular flexibility index (Phi) is 2.86. The van der Waals surface area contributed by atoms with E-state index in [0.717, 1.165) is 17.3 Å². The summed E-state index contributed by atoms with van der Waals surface area (Å²) in [6, 6.07) is 5.12. The van der Waals surface area contributed by atoms with Crippen LogP contribution in [0, 0.1) is 11.2 Å². The van der Waals surface area contributed by atoms with Crippen LogP contribution in [0.4, 0.5) is 4.39 Å². The van der Waals surface area contributed by atoms with Crippen molar-refractivity contribution < 1.29 is 9.50 Å². The van der Waals surface area contributed by atoms with Crippen molar-refractivity contribution in [1.29, 1.82) is 0 Å². The second-order valence-electron chi connectivity index (χ2n) is 4.45. The van der Waals surface area contributed by atoms with Crippen LogP contribution in [0.2, 0.25) is 0 Å². The molecule has 0 amide bonds. The zero-order valence-electron chi connectivity index (χ0n) is 8.63. The van der Waals surface area contributed by atoms with E-state index in [1.54, 1.807) is 13.0 Å². The Labute approximate surface area is 97.4 Å². The summed E-state index contributed by atoms with van der Waals surface area (Å²) in [5, 5.41) is 9.62. The fraction of sp³-hybridized carbons (Fsp3) is 0.500. The molecule has 1 aromatic rings. The Bertz CT molecular complexity index is 372. The lowest BCUT2D eigenvalue weighted by molar-refractivity contribution is 0.110. The fourth-order valence-electron chi connectivity index (χ4n) is 1.95. The van der Waals surface area contributed by atoms with Crippen molar-refractivity contribution >= 4 is 15.9 Å². The third kappa shape index (κ3) is 2.23. The molecule has 0 aromatic heterocycles. The SMILES string of the molecule is CC(O)C1(Cc2ccc(Br)cc2F)CC1. The van der Waals surface area contributed by atoms with Gasteiger partial charge >= 0.3 is 0 Å². The quantitative estimate of drug-likeness (QED) is 0.896. The molecular formula is C12H14BrFO. The van der Waals surface area contributed by atoms with Crippen molar-refractivity contribution in [3.8, 4) is 0 Å². The highest BCUT2D eigenvalue weighted by Gasteiger charge is 2.46. The molecule has 1 aliphatic carbocycles. The summed E-state index contributed by atoms with van der Waals surface area (Å²) in [4.78, 5) is 0. The van der Waals surface area contributed by atoms with Crippen LogP contribution in [-0.4, -0.2) is 11.2 Å². The fourth-order valence-corrected chi connectivity index (χ4v) is 2.28. The average molecular weight is 273 g/mol. The van der Waals surface area contributed by atoms with Crippen molar-refractivity contribution in [1.82, 2.24) is 0 Å². The molecule has 1 saturated carbocycles. The summed E-state index contributed by atoms with van der Waals surface area (Å²) >= 11 is 3.23. The standard InChI is InChI=1S/C12H14BrFO/c1-8(15)12(4-5-12)7-9-2-3-10(13)6-11(9)14/h2-3,6,8,15H,4-5,7H2,1H3. The topological polar surface area (TPSA) is 20.2 Å². The molecule has 0 bridgehead atoms. The van der Waals surface area contributed by atoms with Crippen molar-refractivity contribution in [3.63, 3.8) is 0 Å². The molecule has 0 radical (unpaired) electrons. The van der Waals surface area contributed by atoms with E-state index in [1.165, 1.54) is 6.07 Å². The summed E-state index contributed by atoms with van der Waals surface area (Å²) in [5.41, 5.74) is 0.644. The lowest BCUT2D eigenvalue weighted by Gasteiger charge is -2.18. The van der Waals surface area contributed by atoms with Crippen LogP contribution >= 0.6 is 15.9 Å². The molecule has 0 saturated heterocycles. The first kappa shape index (κ1) is 11.1. The highest BCUT2D eigenvalue weighted by Crippen LogP contribution is 2.51. The molecule has 1 N–H and O–H groups in total. The normalized spacial score (nSPS) is 20.0. The van der Waals surface area contributed by atoms with Gasteiger partial charge in [-0.15, -0.1) is 0 Å². The maximum absolute atomic E-state index is 13.6. The van der Waals surface area contributed by atoms with E-state index in [9.17, 15) is 9.50 Å². The van der Waals surface area contributed by atoms with E-state index < -0.39 is 0 Å². The predicted octanol–water partition coefficient (Wildman–Crippen LogP) is 3.29. The van der Waals surface area contributed by atoms with Gasteiger partial charge < -0.3 is 5.11 Å². The minimum atomic E-state index is -0.347. The molecule has 3 heteroatoms. The summed E-state index contributed by atoms with van der Waals surface area (Å²) in [7, 11) is 0. The van der Waals surface area contributed by atoms with E-state index >= 15 is 0 Å². The molecule has 82 valence electrons. The first-order valence-corrected chi connectivity index (χ1v) is 5.95. The van der Waals surface area contributed by atoms with Crippen LogP contribution in [0.5, 0.6) is 0 Å². The number of hydrogen-bond donors (Lipinski definition) is 1. The third-order valence-corrected chi connectivity index (χ3v) is 3.83. The Hall–Kier alpha value is -0.410. The van der Waals surface area contributed by atoms with Gasteiger partial charge in [0, 0.05) is 9.89 Å². The number of aliphatic hydroxyl groups excluding tert-OH is 1. The van der Waals surface area contributed by atoms with Crippen molar-refractivity contribution in [2.24, 2.45) is 5.41 Å². The molecule has 1 aromatic carbocycles. The number of aliphatic hydroxyl groups is 1. The monoisotopic (exact) mass is 272 g/mol. The molecule has 0 aliphatic heterocycles. The molecular weight excluding hydrogens is 259 g/mol. The summed E-state index contributed by atoms with van der Waals surface area (Å²) < 4.78 is 14.3. The molecule has 2 rings (SSSR count). The van der Waals surface area contributed by atoms with E-state index in [1.807, 2.05) is 6.07 Å². The minimum absolute atomic E-state index is 0.0608. The minimum Gasteiger partial charge on any atom is -0.393 e. The van der Waals surface area contributed by atoms with Gasteiger partial charge in [0.25, 0.3) is 0 Å². The Morgan fingerprint density at radius 1 is 1.53 bits per heavy atom. The second kappa shape index (κ2) is 3.87. The number of rotatable bonds is 3. The van der Waals surface area contributed by atoms with Crippen LogP contribution in [0.3, 0.4) is 0 Å². The van der Waals surface area contributed by atoms with E-state index in [0.29, 0.717) is 12.0 Å². The molecule has 0 spiro atoms. The van der Waals surface area contributed by atoms with Gasteiger partial charge in [-0.3, -0.25) is 0 Å². The molecule has 1 aliphatic rings. The van der Waals surface area contributed by atoms with E-state index in [-0.39, 0.29) is 17.3 Å². The lowest BCUT2D eigenvalue weighted by Crippen LogP contribution is -2.21. The zero-order valence-corrected chi connectivity index (χ0v) is 10.2. The Balaban J connectivity index is 2.18. The van der Waals surface area contributed by atoms with Gasteiger partial charge in [0.1, 0.15) is 5.82 Å². The van der Waals surface area contributed by atoms with Gasteiger partial charge in [-0.1, -0.05) is 22.0 Å². The Morgan fingerprint density at radius 3 is 2.67 bits per heavy atom. The van der Waals surface area contributed by atoms with Gasteiger partial charge in [0.15, 0.2) is 0 Å². The number of halogens is 2. The molecule has 0 heterocycles. The highest BCUT2D eigenvalue weighted by atomic mass is 79.9. The van der Waals surface area contributed by atoms with Crippen LogP contribution in [-0.2, 0) is 6.42 Å². The van der Waals surface area contributed by atoms with Crippen LogP contribution in [0.1, 0.15) is 25.3 Å². The van der Waals surface area contributed by atoms with E-state index in [2.05, 4.69) is 15.9 Å². The maximum atomic E-state index is 13.6. The van der Waals surface area contributed by atoms with Crippen LogP contribution in [0.15, 0.2) is 22.7 Å². The van der Waals surface area contributed by atoms with Crippen molar-refractivity contribution in [2.45, 2.75) is 32.3 Å². The smallest absolute Gasteiger partial charge is 0.127 e. The molecule has 1 fully saturated rings. The summed E-state index contributed by atoms with van der Waals surface area (Å²) in [5.74, 6) is -0.184. The highest BCUT2D eigenvalue weighted by molar-refractivity contribution is 9.10. The lowest BCUT2D eigenvalue weighted by atomic mass is 9.91. The Morgan fingerprint density at radius 2 is 2.20 bits per heavy atom. The first-order valence-electron chi connectivity index (χ1n) is 5.15. The number of benzene rings is 1. The van der Waals surface area contributed by atoms with Crippen molar-refractivity contribution in [2.75, 3.05) is 0 Å². The summed E-state index contributed by atoms with van der Waals surface area (Å²) in [6.45, 7) is 1.80. The van der Waals surface area contributed by atoms with Crippen LogP contribution < -0.4 is 0 Å². The third-order valence-electron chi connectivity index (χ3n) is 3.34. The van der Waals surface area contributed by atoms with Gasteiger partial charge in [0.05, 0.1) is 6.10 Å². The van der Waals surface area contributed by atoms with Gasteiger partial charge in [0.2, 0.25) is 0 Å². The largest absolute Gasteiger partial charge is 0.393 e. The average Bonchev–Trinajstić information content (AvgIpc) is 2.91. The van der Waals surface area contributed by atoms with E-state index in [4.69, 9.17) is 0 Å². The molecule has 15 heavy (non-hydrogen) atoms. The van der Waals surface area contributed by atoms with Gasteiger partial charge in [-0.2, -0.15) is 0 Å². The summed E-state index contributed by atoms with van der Waals surface area (Å²) in [6.07, 6.45) is 2.30.